The van der Waals surface area contributed by atoms with E-state index >= 15 is 0 Å². The number of rotatable bonds is 1. The van der Waals surface area contributed by atoms with Crippen LogP contribution in [-0.2, 0) is 9.59 Å². The average Bonchev–Trinajstić information content (AvgIpc) is 2.01. The van der Waals surface area contributed by atoms with Gasteiger partial charge in [-0.1, -0.05) is 27.7 Å². The first-order chi connectivity index (χ1) is 6.32. The highest BCUT2D eigenvalue weighted by Crippen LogP contribution is 2.31. The Balaban J connectivity index is 2.70. The second-order valence-corrected chi connectivity index (χ2v) is 5.52. The van der Waals surface area contributed by atoms with Gasteiger partial charge in [0.2, 0.25) is 0 Å². The smallest absolute Gasteiger partial charge is 0.148 e. The van der Waals surface area contributed by atoms with E-state index in [0.29, 0.717) is 12.3 Å². The van der Waals surface area contributed by atoms with Gasteiger partial charge in [-0.2, -0.15) is 0 Å². The zero-order chi connectivity index (χ0) is 10.9. The lowest BCUT2D eigenvalue weighted by Gasteiger charge is -2.28. The lowest BCUT2D eigenvalue weighted by molar-refractivity contribution is -0.139. The summed E-state index contributed by atoms with van der Waals surface area (Å²) in [6.07, 6.45) is 2.36. The van der Waals surface area contributed by atoms with Crippen LogP contribution < -0.4 is 0 Å². The summed E-state index contributed by atoms with van der Waals surface area (Å²) in [6.45, 7) is 7.75. The van der Waals surface area contributed by atoms with Crippen molar-refractivity contribution in [3.63, 3.8) is 0 Å². The van der Waals surface area contributed by atoms with E-state index < -0.39 is 0 Å². The molecular formula is C12H20O2. The van der Waals surface area contributed by atoms with E-state index in [-0.39, 0.29) is 22.9 Å². The van der Waals surface area contributed by atoms with Gasteiger partial charge >= 0.3 is 0 Å². The molecule has 0 radical (unpaired) electrons. The largest absolute Gasteiger partial charge is 0.299 e. The van der Waals surface area contributed by atoms with Gasteiger partial charge in [0.25, 0.3) is 0 Å². The van der Waals surface area contributed by atoms with Gasteiger partial charge in [0, 0.05) is 11.8 Å². The third-order valence-corrected chi connectivity index (χ3v) is 2.94. The number of hydrogen-bond donors (Lipinski definition) is 0. The van der Waals surface area contributed by atoms with Gasteiger partial charge in [-0.25, -0.2) is 0 Å². The zero-order valence-corrected chi connectivity index (χ0v) is 9.59. The van der Waals surface area contributed by atoms with Crippen molar-refractivity contribution in [1.29, 1.82) is 0 Å². The Kier molecular flexibility index (Phi) is 3.13. The van der Waals surface area contributed by atoms with Crippen molar-refractivity contribution in [2.45, 2.75) is 47.0 Å². The Morgan fingerprint density at radius 3 is 2.29 bits per heavy atom. The van der Waals surface area contributed by atoms with Crippen molar-refractivity contribution in [3.8, 4) is 0 Å². The molecule has 80 valence electrons. The molecule has 0 N–H and O–H groups in total. The Morgan fingerprint density at radius 1 is 1.29 bits per heavy atom. The van der Waals surface area contributed by atoms with Gasteiger partial charge in [-0.15, -0.1) is 0 Å². The fourth-order valence-corrected chi connectivity index (χ4v) is 2.00. The first-order valence-corrected chi connectivity index (χ1v) is 5.39. The van der Waals surface area contributed by atoms with Gasteiger partial charge in [0.1, 0.15) is 11.6 Å². The highest BCUT2D eigenvalue weighted by Gasteiger charge is 2.36. The van der Waals surface area contributed by atoms with Crippen molar-refractivity contribution in [1.82, 2.24) is 0 Å². The maximum Gasteiger partial charge on any atom is 0.148 e. The topological polar surface area (TPSA) is 34.1 Å². The molecule has 1 aliphatic rings. The van der Waals surface area contributed by atoms with Crippen molar-refractivity contribution in [2.24, 2.45) is 17.3 Å². The molecule has 0 aromatic rings. The molecule has 0 aromatic carbocycles. The molecule has 1 aliphatic carbocycles. The molecule has 0 amide bonds. The van der Waals surface area contributed by atoms with Gasteiger partial charge in [0.05, 0.1) is 5.92 Å². The number of carbonyl (C=O) groups excluding carboxylic acids is 2. The summed E-state index contributed by atoms with van der Waals surface area (Å²) >= 11 is 0. The van der Waals surface area contributed by atoms with E-state index in [1.807, 2.05) is 20.8 Å². The molecule has 0 heterocycles. The fourth-order valence-electron chi connectivity index (χ4n) is 2.00. The number of hydrogen-bond acceptors (Lipinski definition) is 2. The van der Waals surface area contributed by atoms with E-state index in [4.69, 9.17) is 0 Å². The molecule has 0 aliphatic heterocycles. The van der Waals surface area contributed by atoms with Crippen molar-refractivity contribution >= 4 is 11.6 Å². The van der Waals surface area contributed by atoms with Crippen LogP contribution >= 0.6 is 0 Å². The maximum absolute atomic E-state index is 11.9. The first-order valence-electron chi connectivity index (χ1n) is 5.39. The molecule has 2 atom stereocenters. The minimum Gasteiger partial charge on any atom is -0.299 e. The lowest BCUT2D eigenvalue weighted by Crippen LogP contribution is -2.36. The Labute approximate surface area is 86.1 Å². The van der Waals surface area contributed by atoms with Crippen molar-refractivity contribution in [2.75, 3.05) is 0 Å². The summed E-state index contributed by atoms with van der Waals surface area (Å²) in [5.41, 5.74) is -0.374. The lowest BCUT2D eigenvalue weighted by atomic mass is 9.73. The van der Waals surface area contributed by atoms with Crippen LogP contribution in [0.1, 0.15) is 47.0 Å². The number of Topliss-reactive ketones (excluding diaryl/α,β-unsaturated/α-hetero) is 2. The minimum atomic E-state index is -0.374. The van der Waals surface area contributed by atoms with E-state index in [9.17, 15) is 9.59 Å². The van der Waals surface area contributed by atoms with Crippen LogP contribution in [0.3, 0.4) is 0 Å². The second kappa shape index (κ2) is 3.84. The third kappa shape index (κ3) is 2.43. The summed E-state index contributed by atoms with van der Waals surface area (Å²) in [6, 6.07) is 0. The average molecular weight is 196 g/mol. The van der Waals surface area contributed by atoms with E-state index in [2.05, 4.69) is 6.92 Å². The monoisotopic (exact) mass is 196 g/mol. The Bertz CT molecular complexity index is 248. The third-order valence-electron chi connectivity index (χ3n) is 2.94. The molecule has 1 fully saturated rings. The van der Waals surface area contributed by atoms with E-state index in [1.165, 1.54) is 0 Å². The minimum absolute atomic E-state index is 0.120. The van der Waals surface area contributed by atoms with Gasteiger partial charge in [-0.05, 0) is 18.8 Å². The standard InChI is InChI=1S/C12H20O2/c1-8-5-6-9(10(13)7-8)11(14)12(2,3)4/h8-9H,5-7H2,1-4H3. The molecule has 2 nitrogen and oxygen atoms in total. The summed E-state index contributed by atoms with van der Waals surface area (Å²) in [5, 5.41) is 0. The van der Waals surface area contributed by atoms with Crippen molar-refractivity contribution < 1.29 is 9.59 Å². The summed E-state index contributed by atoms with van der Waals surface area (Å²) in [5.74, 6) is 0.427. The van der Waals surface area contributed by atoms with Gasteiger partial charge in [0.15, 0.2) is 0 Å². The van der Waals surface area contributed by atoms with Gasteiger partial charge in [-0.3, -0.25) is 9.59 Å². The van der Waals surface area contributed by atoms with Gasteiger partial charge < -0.3 is 0 Å². The SMILES string of the molecule is CC1CCC(C(=O)C(C)(C)C)C(=O)C1. The molecular weight excluding hydrogens is 176 g/mol. The van der Waals surface area contributed by atoms with E-state index in [1.54, 1.807) is 0 Å². The first kappa shape index (κ1) is 11.4. The fraction of sp³-hybridized carbons (Fsp3) is 0.833. The summed E-state index contributed by atoms with van der Waals surface area (Å²) in [4.78, 5) is 23.6. The summed E-state index contributed by atoms with van der Waals surface area (Å²) < 4.78 is 0. The number of ketones is 2. The predicted octanol–water partition coefficient (Wildman–Crippen LogP) is 2.61. The quantitative estimate of drug-likeness (QED) is 0.604. The molecule has 0 aromatic heterocycles. The van der Waals surface area contributed by atoms with Crippen LogP contribution in [-0.4, -0.2) is 11.6 Å². The van der Waals surface area contributed by atoms with Crippen molar-refractivity contribution in [3.05, 3.63) is 0 Å². The molecule has 0 saturated heterocycles. The maximum atomic E-state index is 11.9. The summed E-state index contributed by atoms with van der Waals surface area (Å²) in [7, 11) is 0. The molecule has 0 bridgehead atoms. The number of carbonyl (C=O) groups is 2. The Hall–Kier alpha value is -0.660. The van der Waals surface area contributed by atoms with Crippen LogP contribution in [0.15, 0.2) is 0 Å². The molecule has 14 heavy (non-hydrogen) atoms. The zero-order valence-electron chi connectivity index (χ0n) is 9.59. The molecule has 2 unspecified atom stereocenters. The van der Waals surface area contributed by atoms with E-state index in [0.717, 1.165) is 12.8 Å². The van der Waals surface area contributed by atoms with Crippen LogP contribution in [0.2, 0.25) is 0 Å². The highest BCUT2D eigenvalue weighted by molar-refractivity contribution is 6.04. The second-order valence-electron chi connectivity index (χ2n) is 5.52. The molecule has 2 heteroatoms. The van der Waals surface area contributed by atoms with Crippen LogP contribution in [0.25, 0.3) is 0 Å². The van der Waals surface area contributed by atoms with Crippen LogP contribution in [0.4, 0.5) is 0 Å². The molecule has 1 rings (SSSR count). The molecule has 1 saturated carbocycles. The normalized spacial score (nSPS) is 29.0. The van der Waals surface area contributed by atoms with Crippen LogP contribution in [0.5, 0.6) is 0 Å². The highest BCUT2D eigenvalue weighted by atomic mass is 16.2. The Morgan fingerprint density at radius 2 is 1.86 bits per heavy atom. The van der Waals surface area contributed by atoms with Crippen LogP contribution in [0, 0.1) is 17.3 Å². The predicted molar refractivity (Wildman–Crippen MR) is 56.0 cm³/mol. The molecule has 0 spiro atoms.